The van der Waals surface area contributed by atoms with Crippen LogP contribution in [0.5, 0.6) is 0 Å². The van der Waals surface area contributed by atoms with E-state index in [1.165, 1.54) is 10.3 Å². The average molecular weight is 182 g/mol. The van der Waals surface area contributed by atoms with Gasteiger partial charge in [-0.25, -0.2) is 9.97 Å². The normalized spacial score (nSPS) is 10.6. The van der Waals surface area contributed by atoms with Gasteiger partial charge in [0.05, 0.1) is 0 Å². The van der Waals surface area contributed by atoms with Gasteiger partial charge in [0.1, 0.15) is 11.2 Å². The Balaban J connectivity index is 2.76. The summed E-state index contributed by atoms with van der Waals surface area (Å²) in [6, 6.07) is 0. The summed E-state index contributed by atoms with van der Waals surface area (Å²) in [5.41, 5.74) is 0. The van der Waals surface area contributed by atoms with Crippen molar-refractivity contribution in [3.8, 4) is 0 Å². The number of thiophene rings is 1. The molecular formula is C7H6N2S2. The highest BCUT2D eigenvalue weighted by Crippen LogP contribution is 2.29. The molecule has 2 aromatic rings. The van der Waals surface area contributed by atoms with E-state index in [0.717, 1.165) is 4.83 Å². The summed E-state index contributed by atoms with van der Waals surface area (Å²) in [5.74, 6) is 0. The van der Waals surface area contributed by atoms with Gasteiger partial charge in [-0.2, -0.15) is 0 Å². The lowest BCUT2D eigenvalue weighted by Gasteiger charge is -1.89. The lowest BCUT2D eigenvalue weighted by atomic mass is 10.4. The van der Waals surface area contributed by atoms with Crippen LogP contribution in [-0.4, -0.2) is 16.2 Å². The highest BCUT2D eigenvalue weighted by atomic mass is 32.2. The van der Waals surface area contributed by atoms with Gasteiger partial charge in [0, 0.05) is 21.9 Å². The molecule has 2 heterocycles. The van der Waals surface area contributed by atoms with Crippen LogP contribution in [0.4, 0.5) is 0 Å². The molecule has 0 N–H and O–H groups in total. The molecule has 2 nitrogen and oxygen atoms in total. The second-order valence-electron chi connectivity index (χ2n) is 2.05. The van der Waals surface area contributed by atoms with Crippen molar-refractivity contribution in [3.63, 3.8) is 0 Å². The number of rotatable bonds is 1. The Kier molecular flexibility index (Phi) is 1.79. The van der Waals surface area contributed by atoms with Gasteiger partial charge in [0.2, 0.25) is 0 Å². The van der Waals surface area contributed by atoms with Gasteiger partial charge in [-0.05, 0) is 6.26 Å². The van der Waals surface area contributed by atoms with Crippen LogP contribution < -0.4 is 0 Å². The van der Waals surface area contributed by atoms with Gasteiger partial charge in [0.15, 0.2) is 0 Å². The van der Waals surface area contributed by atoms with Crippen molar-refractivity contribution in [3.05, 3.63) is 17.9 Å². The van der Waals surface area contributed by atoms with Crippen molar-refractivity contribution in [2.75, 3.05) is 6.26 Å². The minimum Gasteiger partial charge on any atom is -0.244 e. The van der Waals surface area contributed by atoms with Gasteiger partial charge in [-0.1, -0.05) is 0 Å². The lowest BCUT2D eigenvalue weighted by molar-refractivity contribution is 1.23. The molecule has 56 valence electrons. The highest BCUT2D eigenvalue weighted by molar-refractivity contribution is 7.99. The summed E-state index contributed by atoms with van der Waals surface area (Å²) in [5, 5.41) is 3.29. The summed E-state index contributed by atoms with van der Waals surface area (Å²) in [7, 11) is 0. The van der Waals surface area contributed by atoms with Gasteiger partial charge in [-0.15, -0.1) is 23.1 Å². The summed E-state index contributed by atoms with van der Waals surface area (Å²) in [4.78, 5) is 10.5. The van der Waals surface area contributed by atoms with Crippen LogP contribution in [0.2, 0.25) is 0 Å². The fraction of sp³-hybridized carbons (Fsp3) is 0.143. The molecule has 0 aliphatic carbocycles. The van der Waals surface area contributed by atoms with E-state index in [1.54, 1.807) is 29.4 Å². The Hall–Kier alpha value is -0.610. The van der Waals surface area contributed by atoms with E-state index < -0.39 is 0 Å². The van der Waals surface area contributed by atoms with E-state index in [-0.39, 0.29) is 0 Å². The van der Waals surface area contributed by atoms with Crippen LogP contribution in [-0.2, 0) is 0 Å². The van der Waals surface area contributed by atoms with Crippen molar-refractivity contribution in [1.29, 1.82) is 0 Å². The molecule has 0 aliphatic heterocycles. The first kappa shape index (κ1) is 7.06. The summed E-state index contributed by atoms with van der Waals surface area (Å²) in [6.07, 6.45) is 5.52. The molecule has 4 heteroatoms. The van der Waals surface area contributed by atoms with Crippen molar-refractivity contribution in [1.82, 2.24) is 9.97 Å². The Bertz CT molecular complexity index is 369. The molecule has 0 atom stereocenters. The first-order chi connectivity index (χ1) is 5.42. The largest absolute Gasteiger partial charge is 0.244 e. The molecule has 0 aromatic carbocycles. The maximum atomic E-state index is 4.14. The molecule has 0 unspecified atom stereocenters. The zero-order valence-corrected chi connectivity index (χ0v) is 7.58. The summed E-state index contributed by atoms with van der Waals surface area (Å²) in [6.45, 7) is 0. The van der Waals surface area contributed by atoms with Crippen LogP contribution >= 0.6 is 23.1 Å². The van der Waals surface area contributed by atoms with E-state index in [9.17, 15) is 0 Å². The SMILES string of the molecule is CSc1csc2ncncc12. The molecule has 0 saturated heterocycles. The second-order valence-corrected chi connectivity index (χ2v) is 3.75. The molecule has 0 fully saturated rings. The van der Waals surface area contributed by atoms with Crippen molar-refractivity contribution in [2.24, 2.45) is 0 Å². The van der Waals surface area contributed by atoms with Gasteiger partial charge in [-0.3, -0.25) is 0 Å². The topological polar surface area (TPSA) is 25.8 Å². The number of hydrogen-bond acceptors (Lipinski definition) is 4. The standard InChI is InChI=1S/C7H6N2S2/c1-10-6-3-11-7-5(6)2-8-4-9-7/h2-4H,1H3. The predicted octanol–water partition coefficient (Wildman–Crippen LogP) is 2.41. The van der Waals surface area contributed by atoms with Crippen LogP contribution in [0, 0.1) is 0 Å². The van der Waals surface area contributed by atoms with Gasteiger partial charge < -0.3 is 0 Å². The molecular weight excluding hydrogens is 176 g/mol. The number of hydrogen-bond donors (Lipinski definition) is 0. The van der Waals surface area contributed by atoms with Gasteiger partial charge >= 0.3 is 0 Å². The molecule has 0 radical (unpaired) electrons. The fourth-order valence-corrected chi connectivity index (χ4v) is 2.62. The molecule has 2 rings (SSSR count). The summed E-state index contributed by atoms with van der Waals surface area (Å²) >= 11 is 3.40. The quantitative estimate of drug-likeness (QED) is 0.633. The Morgan fingerprint density at radius 3 is 3.27 bits per heavy atom. The van der Waals surface area contributed by atoms with E-state index in [2.05, 4.69) is 21.6 Å². The monoisotopic (exact) mass is 182 g/mol. The molecule has 0 saturated carbocycles. The smallest absolute Gasteiger partial charge is 0.127 e. The zero-order chi connectivity index (χ0) is 7.68. The van der Waals surface area contributed by atoms with Crippen LogP contribution in [0.15, 0.2) is 22.8 Å². The van der Waals surface area contributed by atoms with Crippen molar-refractivity contribution in [2.45, 2.75) is 4.90 Å². The predicted molar refractivity (Wildman–Crippen MR) is 49.2 cm³/mol. The first-order valence-electron chi connectivity index (χ1n) is 3.13. The average Bonchev–Trinajstić information content (AvgIpc) is 2.47. The Morgan fingerprint density at radius 2 is 2.45 bits per heavy atom. The number of thioether (sulfide) groups is 1. The van der Waals surface area contributed by atoms with Crippen molar-refractivity contribution >= 4 is 33.3 Å². The third kappa shape index (κ3) is 1.12. The molecule has 0 amide bonds. The van der Waals surface area contributed by atoms with Crippen LogP contribution in [0.3, 0.4) is 0 Å². The fourth-order valence-electron chi connectivity index (χ4n) is 0.912. The minimum atomic E-state index is 1.07. The molecule has 0 bridgehead atoms. The molecule has 2 aromatic heterocycles. The van der Waals surface area contributed by atoms with Crippen molar-refractivity contribution < 1.29 is 0 Å². The maximum absolute atomic E-state index is 4.14. The first-order valence-corrected chi connectivity index (χ1v) is 5.23. The molecule has 0 aliphatic rings. The third-order valence-corrected chi connectivity index (χ3v) is 3.27. The third-order valence-electron chi connectivity index (χ3n) is 1.44. The number of aromatic nitrogens is 2. The number of fused-ring (bicyclic) bond motifs is 1. The van der Waals surface area contributed by atoms with E-state index in [4.69, 9.17) is 0 Å². The maximum Gasteiger partial charge on any atom is 0.127 e. The Morgan fingerprint density at radius 1 is 1.55 bits per heavy atom. The second kappa shape index (κ2) is 2.79. The van der Waals surface area contributed by atoms with Gasteiger partial charge in [0.25, 0.3) is 0 Å². The summed E-state index contributed by atoms with van der Waals surface area (Å²) < 4.78 is 0. The van der Waals surface area contributed by atoms with E-state index >= 15 is 0 Å². The highest BCUT2D eigenvalue weighted by Gasteiger charge is 2.01. The number of nitrogens with zero attached hydrogens (tertiary/aromatic N) is 2. The zero-order valence-electron chi connectivity index (χ0n) is 5.94. The van der Waals surface area contributed by atoms with Crippen LogP contribution in [0.25, 0.3) is 10.2 Å². The van der Waals surface area contributed by atoms with E-state index in [1.807, 2.05) is 6.20 Å². The lowest BCUT2D eigenvalue weighted by Crippen LogP contribution is -1.74. The Labute approximate surface area is 72.7 Å². The van der Waals surface area contributed by atoms with Crippen LogP contribution in [0.1, 0.15) is 0 Å². The minimum absolute atomic E-state index is 1.07. The molecule has 11 heavy (non-hydrogen) atoms. The van der Waals surface area contributed by atoms with E-state index in [0.29, 0.717) is 0 Å². The molecule has 0 spiro atoms.